The van der Waals surface area contributed by atoms with Crippen molar-refractivity contribution in [3.05, 3.63) is 65.7 Å². The number of benzene rings is 1. The Morgan fingerprint density at radius 2 is 1.95 bits per heavy atom. The number of aromatic nitrogens is 2. The van der Waals surface area contributed by atoms with Gasteiger partial charge in [0.25, 0.3) is 0 Å². The molecule has 3 aromatic rings. The maximum absolute atomic E-state index is 12.4. The number of hydrogen-bond donors (Lipinski definition) is 3. The first kappa shape index (κ1) is 26.3. The quantitative estimate of drug-likeness (QED) is 0.376. The number of pyridine rings is 1. The smallest absolute Gasteiger partial charge is 0.317 e. The van der Waals surface area contributed by atoms with Gasteiger partial charge in [-0.1, -0.05) is 18.7 Å². The second-order valence-corrected chi connectivity index (χ2v) is 10.5. The van der Waals surface area contributed by atoms with E-state index in [0.29, 0.717) is 24.6 Å². The largest absolute Gasteiger partial charge is 0.336 e. The lowest BCUT2D eigenvalue weighted by Crippen LogP contribution is -2.52. The Balaban J connectivity index is 1.55. The van der Waals surface area contributed by atoms with Gasteiger partial charge in [0.15, 0.2) is 5.13 Å². The molecule has 3 heterocycles. The third kappa shape index (κ3) is 7.37. The summed E-state index contributed by atoms with van der Waals surface area (Å²) < 4.78 is 0. The summed E-state index contributed by atoms with van der Waals surface area (Å²) in [6.07, 6.45) is 3.08. The number of piperazine rings is 1. The minimum absolute atomic E-state index is 0.00509. The van der Waals surface area contributed by atoms with E-state index < -0.39 is 0 Å². The summed E-state index contributed by atoms with van der Waals surface area (Å²) in [5.74, 6) is 0.443. The number of hydrogen-bond acceptors (Lipinski definition) is 7. The zero-order valence-electron chi connectivity index (χ0n) is 21.5. The van der Waals surface area contributed by atoms with Gasteiger partial charge in [-0.05, 0) is 56.7 Å². The van der Waals surface area contributed by atoms with E-state index in [1.54, 1.807) is 11.3 Å². The fourth-order valence-electron chi connectivity index (χ4n) is 4.07. The van der Waals surface area contributed by atoms with Crippen molar-refractivity contribution < 1.29 is 9.59 Å². The Labute approximate surface area is 221 Å². The molecule has 194 valence electrons. The first-order valence-corrected chi connectivity index (χ1v) is 13.1. The minimum Gasteiger partial charge on any atom is -0.336 e. The van der Waals surface area contributed by atoms with Crippen LogP contribution in [0.3, 0.4) is 0 Å². The van der Waals surface area contributed by atoms with Gasteiger partial charge in [-0.15, -0.1) is 11.3 Å². The highest BCUT2D eigenvalue weighted by molar-refractivity contribution is 7.15. The molecule has 3 amide bonds. The Morgan fingerprint density at radius 3 is 2.62 bits per heavy atom. The van der Waals surface area contributed by atoms with Gasteiger partial charge in [-0.3, -0.25) is 9.69 Å². The van der Waals surface area contributed by atoms with Crippen LogP contribution in [0.2, 0.25) is 0 Å². The summed E-state index contributed by atoms with van der Waals surface area (Å²) >= 11 is 1.57. The maximum atomic E-state index is 12.4. The van der Waals surface area contributed by atoms with Crippen LogP contribution in [0.4, 0.5) is 21.4 Å². The molecule has 0 atom stereocenters. The molecule has 0 bridgehead atoms. The summed E-state index contributed by atoms with van der Waals surface area (Å²) in [4.78, 5) is 38.7. The molecule has 37 heavy (non-hydrogen) atoms. The molecule has 0 aliphatic carbocycles. The number of rotatable bonds is 8. The van der Waals surface area contributed by atoms with Crippen LogP contribution in [0.5, 0.6) is 0 Å². The van der Waals surface area contributed by atoms with Gasteiger partial charge in [0, 0.05) is 61.1 Å². The fourth-order valence-corrected chi connectivity index (χ4v) is 4.74. The first-order chi connectivity index (χ1) is 17.8. The van der Waals surface area contributed by atoms with Crippen molar-refractivity contribution >= 4 is 39.9 Å². The van der Waals surface area contributed by atoms with Gasteiger partial charge in [0.2, 0.25) is 5.91 Å². The molecule has 1 saturated heterocycles. The standard InChI is InChI=1S/C27H33N7O2S/c1-5-25(35)30-22-8-6-7-21(15-22)23-13-20(14-24(31-23)32-26-28-16-19(4)37-26)17-33-9-11-34(12-10-33)27(36)29-18(2)3/h5-8,13-16,18H,1,9-12,17H2,2-4H3,(H,29,36)(H,30,35)(H,28,31,32). The molecular weight excluding hydrogens is 486 g/mol. The number of nitrogens with zero attached hydrogens (tertiary/aromatic N) is 4. The number of urea groups is 1. The van der Waals surface area contributed by atoms with E-state index in [0.717, 1.165) is 46.5 Å². The molecule has 0 saturated carbocycles. The third-order valence-corrected chi connectivity index (χ3v) is 6.66. The second kappa shape index (κ2) is 12.0. The van der Waals surface area contributed by atoms with Crippen LogP contribution in [0.25, 0.3) is 11.3 Å². The minimum atomic E-state index is -0.262. The molecule has 1 fully saturated rings. The van der Waals surface area contributed by atoms with Crippen molar-refractivity contribution in [2.75, 3.05) is 36.8 Å². The SMILES string of the molecule is C=CC(=O)Nc1cccc(-c2cc(CN3CCN(C(=O)NC(C)C)CC3)cc(Nc3ncc(C)s3)n2)c1. The number of carbonyl (C=O) groups excluding carboxylic acids is 2. The zero-order chi connectivity index (χ0) is 26.4. The third-order valence-electron chi connectivity index (χ3n) is 5.83. The Kier molecular flexibility index (Phi) is 8.52. The van der Waals surface area contributed by atoms with E-state index >= 15 is 0 Å². The number of anilines is 3. The first-order valence-electron chi connectivity index (χ1n) is 12.3. The molecule has 10 heteroatoms. The predicted octanol–water partition coefficient (Wildman–Crippen LogP) is 4.62. The zero-order valence-corrected chi connectivity index (χ0v) is 22.3. The van der Waals surface area contributed by atoms with Crippen molar-refractivity contribution in [2.45, 2.75) is 33.4 Å². The van der Waals surface area contributed by atoms with Crippen molar-refractivity contribution in [3.63, 3.8) is 0 Å². The van der Waals surface area contributed by atoms with Crippen molar-refractivity contribution in [2.24, 2.45) is 0 Å². The normalized spacial score (nSPS) is 13.9. The van der Waals surface area contributed by atoms with Crippen molar-refractivity contribution in [3.8, 4) is 11.3 Å². The average molecular weight is 520 g/mol. The van der Waals surface area contributed by atoms with Gasteiger partial charge in [0.1, 0.15) is 5.82 Å². The highest BCUT2D eigenvalue weighted by atomic mass is 32.1. The summed E-state index contributed by atoms with van der Waals surface area (Å²) in [5.41, 5.74) is 3.45. The molecule has 0 unspecified atom stereocenters. The summed E-state index contributed by atoms with van der Waals surface area (Å²) in [6.45, 7) is 13.2. The fraction of sp³-hybridized carbons (Fsp3) is 0.333. The Hall–Kier alpha value is -3.76. The molecular formula is C27H33N7O2S. The lowest BCUT2D eigenvalue weighted by Gasteiger charge is -2.35. The predicted molar refractivity (Wildman–Crippen MR) is 149 cm³/mol. The molecule has 0 radical (unpaired) electrons. The molecule has 0 spiro atoms. The number of nitrogens with one attached hydrogen (secondary N) is 3. The van der Waals surface area contributed by atoms with Crippen LogP contribution >= 0.6 is 11.3 Å². The molecule has 1 aliphatic rings. The van der Waals surface area contributed by atoms with E-state index in [2.05, 4.69) is 38.5 Å². The van der Waals surface area contributed by atoms with E-state index in [1.807, 2.05) is 62.2 Å². The van der Waals surface area contributed by atoms with Gasteiger partial charge in [-0.2, -0.15) is 0 Å². The number of aryl methyl sites for hydroxylation is 1. The molecule has 1 aromatic carbocycles. The highest BCUT2D eigenvalue weighted by Gasteiger charge is 2.22. The van der Waals surface area contributed by atoms with Crippen LogP contribution in [0.15, 0.2) is 55.3 Å². The molecule has 4 rings (SSSR count). The Morgan fingerprint density at radius 1 is 1.16 bits per heavy atom. The summed E-state index contributed by atoms with van der Waals surface area (Å²) in [6, 6.07) is 11.8. The highest BCUT2D eigenvalue weighted by Crippen LogP contribution is 2.27. The lowest BCUT2D eigenvalue weighted by molar-refractivity contribution is -0.111. The van der Waals surface area contributed by atoms with Gasteiger partial charge in [0.05, 0.1) is 5.69 Å². The van der Waals surface area contributed by atoms with E-state index in [-0.39, 0.29) is 18.0 Å². The van der Waals surface area contributed by atoms with Gasteiger partial charge in [-0.25, -0.2) is 14.8 Å². The Bertz CT molecular complexity index is 1270. The number of carbonyl (C=O) groups is 2. The van der Waals surface area contributed by atoms with Crippen molar-refractivity contribution in [1.82, 2.24) is 25.1 Å². The van der Waals surface area contributed by atoms with Crippen molar-refractivity contribution in [1.29, 1.82) is 0 Å². The van der Waals surface area contributed by atoms with Crippen LogP contribution < -0.4 is 16.0 Å². The summed E-state index contributed by atoms with van der Waals surface area (Å²) in [7, 11) is 0. The molecule has 2 aromatic heterocycles. The summed E-state index contributed by atoms with van der Waals surface area (Å²) in [5, 5.41) is 9.90. The number of amides is 3. The lowest BCUT2D eigenvalue weighted by atomic mass is 10.1. The van der Waals surface area contributed by atoms with Crippen LogP contribution in [0.1, 0.15) is 24.3 Å². The maximum Gasteiger partial charge on any atom is 0.317 e. The van der Waals surface area contributed by atoms with Crippen LogP contribution in [0, 0.1) is 6.92 Å². The average Bonchev–Trinajstić information content (AvgIpc) is 3.28. The van der Waals surface area contributed by atoms with Gasteiger partial charge >= 0.3 is 6.03 Å². The number of thiazole rings is 1. The van der Waals surface area contributed by atoms with E-state index in [4.69, 9.17) is 4.98 Å². The second-order valence-electron chi connectivity index (χ2n) is 9.29. The molecule has 9 nitrogen and oxygen atoms in total. The van der Waals surface area contributed by atoms with Crippen LogP contribution in [-0.4, -0.2) is 63.9 Å². The molecule has 1 aliphatic heterocycles. The van der Waals surface area contributed by atoms with E-state index in [9.17, 15) is 9.59 Å². The molecule has 3 N–H and O–H groups in total. The monoisotopic (exact) mass is 519 g/mol. The van der Waals surface area contributed by atoms with Crippen LogP contribution in [-0.2, 0) is 11.3 Å². The van der Waals surface area contributed by atoms with Gasteiger partial charge < -0.3 is 20.9 Å². The topological polar surface area (TPSA) is 102 Å². The van der Waals surface area contributed by atoms with E-state index in [1.165, 1.54) is 6.08 Å².